The predicted octanol–water partition coefficient (Wildman–Crippen LogP) is 3.52. The van der Waals surface area contributed by atoms with Crippen LogP contribution in [-0.2, 0) is 4.79 Å². The number of nitrogens with zero attached hydrogens (tertiary/aromatic N) is 1. The lowest BCUT2D eigenvalue weighted by atomic mass is 10.1. The van der Waals surface area contributed by atoms with Crippen LogP contribution >= 0.6 is 0 Å². The lowest BCUT2D eigenvalue weighted by Gasteiger charge is -2.09. The van der Waals surface area contributed by atoms with Crippen molar-refractivity contribution in [1.82, 2.24) is 0 Å². The summed E-state index contributed by atoms with van der Waals surface area (Å²) in [6.45, 7) is 3.76. The van der Waals surface area contributed by atoms with E-state index in [0.29, 0.717) is 16.9 Å². The standard InChI is InChI=1S/C16H14N2O2/c1-11-7-8-14(15(9-11)17-10-19)18-16(20)13-6-4-3-5-12(13)2/h3-9H,1-2H3,(H,18,20). The van der Waals surface area contributed by atoms with Gasteiger partial charge in [-0.1, -0.05) is 24.3 Å². The van der Waals surface area contributed by atoms with Crippen LogP contribution in [0.2, 0.25) is 0 Å². The summed E-state index contributed by atoms with van der Waals surface area (Å²) >= 11 is 0. The monoisotopic (exact) mass is 266 g/mol. The number of carbonyl (C=O) groups excluding carboxylic acids is 2. The number of hydrogen-bond donors (Lipinski definition) is 1. The maximum Gasteiger partial charge on any atom is 0.255 e. The van der Waals surface area contributed by atoms with Gasteiger partial charge in [-0.05, 0) is 43.2 Å². The molecule has 2 aromatic carbocycles. The van der Waals surface area contributed by atoms with E-state index in [1.165, 1.54) is 6.08 Å². The molecule has 0 spiro atoms. The van der Waals surface area contributed by atoms with E-state index in [4.69, 9.17) is 0 Å². The molecule has 1 N–H and O–H groups in total. The molecule has 0 atom stereocenters. The normalized spacial score (nSPS) is 9.70. The van der Waals surface area contributed by atoms with E-state index < -0.39 is 0 Å². The lowest BCUT2D eigenvalue weighted by molar-refractivity contribution is 0.102. The van der Waals surface area contributed by atoms with Crippen molar-refractivity contribution in [1.29, 1.82) is 0 Å². The number of carbonyl (C=O) groups is 1. The molecule has 0 saturated carbocycles. The summed E-state index contributed by atoms with van der Waals surface area (Å²) in [6.07, 6.45) is 1.50. The minimum Gasteiger partial charge on any atom is -0.320 e. The van der Waals surface area contributed by atoms with Gasteiger partial charge in [-0.15, -0.1) is 0 Å². The first-order valence-electron chi connectivity index (χ1n) is 6.17. The van der Waals surface area contributed by atoms with Crippen LogP contribution in [0.1, 0.15) is 21.5 Å². The highest BCUT2D eigenvalue weighted by Crippen LogP contribution is 2.26. The van der Waals surface area contributed by atoms with Crippen molar-refractivity contribution >= 4 is 23.4 Å². The molecule has 1 amide bonds. The summed E-state index contributed by atoms with van der Waals surface area (Å²) in [5.74, 6) is -0.227. The SMILES string of the molecule is Cc1ccc(NC(=O)c2ccccc2C)c(N=C=O)c1. The summed E-state index contributed by atoms with van der Waals surface area (Å²) in [5.41, 5.74) is 3.33. The molecule has 0 heterocycles. The number of anilines is 1. The molecule has 100 valence electrons. The van der Waals surface area contributed by atoms with Crippen molar-refractivity contribution in [3.8, 4) is 0 Å². The van der Waals surface area contributed by atoms with Crippen molar-refractivity contribution in [2.24, 2.45) is 4.99 Å². The molecule has 0 aliphatic rings. The Labute approximate surface area is 117 Å². The Morgan fingerprint density at radius 2 is 1.90 bits per heavy atom. The Kier molecular flexibility index (Phi) is 4.08. The predicted molar refractivity (Wildman–Crippen MR) is 78.1 cm³/mol. The van der Waals surface area contributed by atoms with Crippen molar-refractivity contribution in [2.75, 3.05) is 5.32 Å². The molecule has 0 bridgehead atoms. The third-order valence-corrected chi connectivity index (χ3v) is 2.96. The van der Waals surface area contributed by atoms with Gasteiger partial charge in [0.25, 0.3) is 5.91 Å². The van der Waals surface area contributed by atoms with Gasteiger partial charge in [0.1, 0.15) is 5.69 Å². The Morgan fingerprint density at radius 3 is 2.60 bits per heavy atom. The second-order valence-corrected chi connectivity index (χ2v) is 4.49. The highest BCUT2D eigenvalue weighted by atomic mass is 16.1. The first kappa shape index (κ1) is 13.7. The zero-order valence-corrected chi connectivity index (χ0v) is 11.3. The smallest absolute Gasteiger partial charge is 0.255 e. The number of hydrogen-bond acceptors (Lipinski definition) is 3. The largest absolute Gasteiger partial charge is 0.320 e. The molecule has 2 rings (SSSR count). The minimum atomic E-state index is -0.227. The van der Waals surface area contributed by atoms with Gasteiger partial charge in [0.2, 0.25) is 6.08 Å². The van der Waals surface area contributed by atoms with Crippen molar-refractivity contribution < 1.29 is 9.59 Å². The van der Waals surface area contributed by atoms with Gasteiger partial charge in [-0.2, -0.15) is 4.99 Å². The van der Waals surface area contributed by atoms with Crippen molar-refractivity contribution in [2.45, 2.75) is 13.8 Å². The molecular weight excluding hydrogens is 252 g/mol. The number of aryl methyl sites for hydroxylation is 2. The average Bonchev–Trinajstić information content (AvgIpc) is 2.42. The number of isocyanates is 1. The maximum atomic E-state index is 12.2. The summed E-state index contributed by atoms with van der Waals surface area (Å²) in [5, 5.41) is 2.77. The van der Waals surface area contributed by atoms with E-state index in [2.05, 4.69) is 10.3 Å². The first-order valence-corrected chi connectivity index (χ1v) is 6.17. The summed E-state index contributed by atoms with van der Waals surface area (Å²) < 4.78 is 0. The lowest BCUT2D eigenvalue weighted by Crippen LogP contribution is -2.13. The molecule has 0 fully saturated rings. The van der Waals surface area contributed by atoms with Crippen LogP contribution in [0.5, 0.6) is 0 Å². The summed E-state index contributed by atoms with van der Waals surface area (Å²) in [7, 11) is 0. The fourth-order valence-electron chi connectivity index (χ4n) is 1.91. The van der Waals surface area contributed by atoms with Crippen molar-refractivity contribution in [3.63, 3.8) is 0 Å². The van der Waals surface area contributed by atoms with Gasteiger partial charge in [-0.25, -0.2) is 4.79 Å². The molecule has 2 aromatic rings. The van der Waals surface area contributed by atoms with Gasteiger partial charge in [-0.3, -0.25) is 4.79 Å². The van der Waals surface area contributed by atoms with Crippen molar-refractivity contribution in [3.05, 3.63) is 59.2 Å². The van der Waals surface area contributed by atoms with E-state index in [-0.39, 0.29) is 5.91 Å². The summed E-state index contributed by atoms with van der Waals surface area (Å²) in [6, 6.07) is 12.6. The van der Waals surface area contributed by atoms with E-state index in [9.17, 15) is 9.59 Å². The molecule has 0 radical (unpaired) electrons. The van der Waals surface area contributed by atoms with Crippen LogP contribution in [0, 0.1) is 13.8 Å². The molecular formula is C16H14N2O2. The van der Waals surface area contributed by atoms with Gasteiger partial charge in [0.05, 0.1) is 5.69 Å². The zero-order chi connectivity index (χ0) is 14.5. The van der Waals surface area contributed by atoms with Gasteiger partial charge in [0, 0.05) is 5.56 Å². The number of aliphatic imine (C=N–C) groups is 1. The third kappa shape index (κ3) is 2.99. The van der Waals surface area contributed by atoms with Crippen LogP contribution in [0.25, 0.3) is 0 Å². The molecule has 20 heavy (non-hydrogen) atoms. The number of rotatable bonds is 3. The molecule has 0 unspecified atom stereocenters. The third-order valence-electron chi connectivity index (χ3n) is 2.96. The molecule has 0 aromatic heterocycles. The topological polar surface area (TPSA) is 58.5 Å². The summed E-state index contributed by atoms with van der Waals surface area (Å²) in [4.78, 5) is 26.3. The van der Waals surface area contributed by atoms with Crippen LogP contribution in [0.3, 0.4) is 0 Å². The first-order chi connectivity index (χ1) is 9.61. The van der Waals surface area contributed by atoms with Crippen LogP contribution in [0.15, 0.2) is 47.5 Å². The van der Waals surface area contributed by atoms with Crippen LogP contribution < -0.4 is 5.32 Å². The molecule has 4 nitrogen and oxygen atoms in total. The molecule has 0 aliphatic carbocycles. The van der Waals surface area contributed by atoms with Gasteiger partial charge < -0.3 is 5.32 Å². The number of benzene rings is 2. The molecule has 4 heteroatoms. The molecule has 0 aliphatic heterocycles. The van der Waals surface area contributed by atoms with E-state index in [1.807, 2.05) is 38.1 Å². The van der Waals surface area contributed by atoms with Gasteiger partial charge in [0.15, 0.2) is 0 Å². The Morgan fingerprint density at radius 1 is 1.15 bits per heavy atom. The average molecular weight is 266 g/mol. The van der Waals surface area contributed by atoms with E-state index >= 15 is 0 Å². The Hall–Kier alpha value is -2.71. The van der Waals surface area contributed by atoms with Gasteiger partial charge >= 0.3 is 0 Å². The highest BCUT2D eigenvalue weighted by molar-refractivity contribution is 6.06. The number of nitrogens with one attached hydrogen (secondary N) is 1. The fraction of sp³-hybridized carbons (Fsp3) is 0.125. The Bertz CT molecular complexity index is 701. The minimum absolute atomic E-state index is 0.227. The van der Waals surface area contributed by atoms with Crippen LogP contribution in [-0.4, -0.2) is 12.0 Å². The number of amides is 1. The fourth-order valence-corrected chi connectivity index (χ4v) is 1.91. The molecule has 0 saturated heterocycles. The Balaban J connectivity index is 2.33. The van der Waals surface area contributed by atoms with E-state index in [1.54, 1.807) is 18.2 Å². The quantitative estimate of drug-likeness (QED) is 0.682. The van der Waals surface area contributed by atoms with E-state index in [0.717, 1.165) is 11.1 Å². The maximum absolute atomic E-state index is 12.2. The second kappa shape index (κ2) is 5.95. The second-order valence-electron chi connectivity index (χ2n) is 4.49. The zero-order valence-electron chi connectivity index (χ0n) is 11.3. The highest BCUT2D eigenvalue weighted by Gasteiger charge is 2.11. The van der Waals surface area contributed by atoms with Crippen LogP contribution in [0.4, 0.5) is 11.4 Å².